The van der Waals surface area contributed by atoms with Gasteiger partial charge in [0.2, 0.25) is 6.79 Å². The van der Waals surface area contributed by atoms with Crippen molar-refractivity contribution in [1.82, 2.24) is 5.32 Å². The van der Waals surface area contributed by atoms with Crippen LogP contribution in [0.2, 0.25) is 5.02 Å². The van der Waals surface area contributed by atoms with E-state index in [9.17, 15) is 0 Å². The molecule has 30 heavy (non-hydrogen) atoms. The van der Waals surface area contributed by atoms with Gasteiger partial charge < -0.3 is 24.3 Å². The molecule has 6 heteroatoms. The van der Waals surface area contributed by atoms with E-state index in [1.165, 1.54) is 5.56 Å². The standard InChI is InChI=1S/C24H24ClNO4/c1-16-4-3-5-18(8-16)14-28-24-20(25)9-19(11-23(24)27-2)13-26-12-17-6-7-21-22(10-17)30-15-29-21/h3-11,26H,12-15H2,1-2H3. The van der Waals surface area contributed by atoms with E-state index in [1.54, 1.807) is 7.11 Å². The van der Waals surface area contributed by atoms with Gasteiger partial charge in [-0.25, -0.2) is 0 Å². The van der Waals surface area contributed by atoms with Gasteiger partial charge in [0, 0.05) is 13.1 Å². The molecule has 0 aliphatic carbocycles. The van der Waals surface area contributed by atoms with E-state index in [0.717, 1.165) is 28.2 Å². The fourth-order valence-electron chi connectivity index (χ4n) is 3.37. The first-order valence-electron chi connectivity index (χ1n) is 9.76. The van der Waals surface area contributed by atoms with Crippen molar-refractivity contribution in [1.29, 1.82) is 0 Å². The predicted molar refractivity (Wildman–Crippen MR) is 117 cm³/mol. The maximum atomic E-state index is 6.51. The number of fused-ring (bicyclic) bond motifs is 1. The van der Waals surface area contributed by atoms with Gasteiger partial charge in [0.25, 0.3) is 0 Å². The first kappa shape index (κ1) is 20.4. The van der Waals surface area contributed by atoms with Gasteiger partial charge in [-0.15, -0.1) is 0 Å². The summed E-state index contributed by atoms with van der Waals surface area (Å²) in [6, 6.07) is 18.0. The van der Waals surface area contributed by atoms with Crippen molar-refractivity contribution in [2.24, 2.45) is 0 Å². The molecule has 5 nitrogen and oxygen atoms in total. The summed E-state index contributed by atoms with van der Waals surface area (Å²) in [6.07, 6.45) is 0. The van der Waals surface area contributed by atoms with Crippen LogP contribution in [0.5, 0.6) is 23.0 Å². The lowest BCUT2D eigenvalue weighted by Crippen LogP contribution is -2.13. The van der Waals surface area contributed by atoms with Crippen LogP contribution >= 0.6 is 11.6 Å². The van der Waals surface area contributed by atoms with Crippen molar-refractivity contribution in [3.05, 3.63) is 81.9 Å². The Morgan fingerprint density at radius 1 is 0.933 bits per heavy atom. The van der Waals surface area contributed by atoms with Gasteiger partial charge in [-0.1, -0.05) is 47.5 Å². The second-order valence-corrected chi connectivity index (χ2v) is 7.59. The third kappa shape index (κ3) is 4.81. The van der Waals surface area contributed by atoms with Crippen molar-refractivity contribution in [2.45, 2.75) is 26.6 Å². The number of ether oxygens (including phenoxy) is 4. The first-order valence-corrected chi connectivity index (χ1v) is 10.1. The largest absolute Gasteiger partial charge is 0.493 e. The minimum atomic E-state index is 0.281. The van der Waals surface area contributed by atoms with Gasteiger partial charge in [-0.05, 0) is 47.9 Å². The minimum absolute atomic E-state index is 0.281. The maximum Gasteiger partial charge on any atom is 0.231 e. The van der Waals surface area contributed by atoms with Crippen LogP contribution in [0.1, 0.15) is 22.3 Å². The maximum absolute atomic E-state index is 6.51. The van der Waals surface area contributed by atoms with E-state index in [0.29, 0.717) is 36.2 Å². The molecule has 0 fully saturated rings. The lowest BCUT2D eigenvalue weighted by molar-refractivity contribution is 0.174. The highest BCUT2D eigenvalue weighted by atomic mass is 35.5. The summed E-state index contributed by atoms with van der Waals surface area (Å²) in [7, 11) is 1.62. The molecular formula is C24H24ClNO4. The molecule has 0 atom stereocenters. The quantitative estimate of drug-likeness (QED) is 0.533. The lowest BCUT2D eigenvalue weighted by atomic mass is 10.1. The van der Waals surface area contributed by atoms with Crippen LogP contribution < -0.4 is 24.3 Å². The number of hydrogen-bond donors (Lipinski definition) is 1. The minimum Gasteiger partial charge on any atom is -0.493 e. The lowest BCUT2D eigenvalue weighted by Gasteiger charge is -2.15. The molecule has 3 aromatic carbocycles. The van der Waals surface area contributed by atoms with Crippen molar-refractivity contribution >= 4 is 11.6 Å². The predicted octanol–water partition coefficient (Wildman–Crippen LogP) is 5.25. The zero-order valence-corrected chi connectivity index (χ0v) is 17.8. The molecule has 1 aliphatic rings. The Labute approximate surface area is 181 Å². The highest BCUT2D eigenvalue weighted by Gasteiger charge is 2.14. The van der Waals surface area contributed by atoms with E-state index in [4.69, 9.17) is 30.5 Å². The fraction of sp³-hybridized carbons (Fsp3) is 0.250. The first-order chi connectivity index (χ1) is 14.6. The van der Waals surface area contributed by atoms with Crippen molar-refractivity contribution in [3.8, 4) is 23.0 Å². The number of nitrogens with one attached hydrogen (secondary N) is 1. The summed E-state index contributed by atoms with van der Waals surface area (Å²) >= 11 is 6.51. The smallest absolute Gasteiger partial charge is 0.231 e. The van der Waals surface area contributed by atoms with Crippen molar-refractivity contribution in [2.75, 3.05) is 13.9 Å². The molecular weight excluding hydrogens is 402 g/mol. The summed E-state index contributed by atoms with van der Waals surface area (Å²) in [5.74, 6) is 2.75. The molecule has 0 saturated carbocycles. The molecule has 1 aliphatic heterocycles. The van der Waals surface area contributed by atoms with Crippen LogP contribution in [0.3, 0.4) is 0 Å². The summed E-state index contributed by atoms with van der Waals surface area (Å²) < 4.78 is 22.3. The number of rotatable bonds is 8. The summed E-state index contributed by atoms with van der Waals surface area (Å²) in [5, 5.41) is 3.95. The SMILES string of the molecule is COc1cc(CNCc2ccc3c(c2)OCO3)cc(Cl)c1OCc1cccc(C)c1. The third-order valence-corrected chi connectivity index (χ3v) is 5.13. The Hall–Kier alpha value is -2.89. The van der Waals surface area contributed by atoms with Gasteiger partial charge in [-0.3, -0.25) is 0 Å². The monoisotopic (exact) mass is 425 g/mol. The molecule has 0 bridgehead atoms. The van der Waals surface area contributed by atoms with E-state index in [-0.39, 0.29) is 6.79 Å². The Balaban J connectivity index is 1.39. The molecule has 156 valence electrons. The normalized spacial score (nSPS) is 12.1. The summed E-state index contributed by atoms with van der Waals surface area (Å²) in [4.78, 5) is 0. The second kappa shape index (κ2) is 9.28. The van der Waals surface area contributed by atoms with Gasteiger partial charge in [0.1, 0.15) is 6.61 Å². The molecule has 0 unspecified atom stereocenters. The van der Waals surface area contributed by atoms with E-state index < -0.39 is 0 Å². The number of methoxy groups -OCH3 is 1. The molecule has 0 radical (unpaired) electrons. The van der Waals surface area contributed by atoms with Gasteiger partial charge in [0.15, 0.2) is 23.0 Å². The number of hydrogen-bond acceptors (Lipinski definition) is 5. The summed E-state index contributed by atoms with van der Waals surface area (Å²) in [5.41, 5.74) is 4.41. The number of aryl methyl sites for hydroxylation is 1. The molecule has 1 N–H and O–H groups in total. The van der Waals surface area contributed by atoms with E-state index in [2.05, 4.69) is 24.4 Å². The molecule has 1 heterocycles. The third-order valence-electron chi connectivity index (χ3n) is 4.85. The van der Waals surface area contributed by atoms with E-state index in [1.807, 2.05) is 42.5 Å². The highest BCUT2D eigenvalue weighted by molar-refractivity contribution is 6.32. The number of benzene rings is 3. The molecule has 0 saturated heterocycles. The highest BCUT2D eigenvalue weighted by Crippen LogP contribution is 2.37. The van der Waals surface area contributed by atoms with Gasteiger partial charge in [-0.2, -0.15) is 0 Å². The number of halogens is 1. The Morgan fingerprint density at radius 2 is 1.77 bits per heavy atom. The van der Waals surface area contributed by atoms with E-state index >= 15 is 0 Å². The molecule has 3 aromatic rings. The van der Waals surface area contributed by atoms with Crippen LogP contribution in [0.25, 0.3) is 0 Å². The average Bonchev–Trinajstić information content (AvgIpc) is 3.20. The van der Waals surface area contributed by atoms with Crippen LogP contribution in [0.4, 0.5) is 0 Å². The van der Waals surface area contributed by atoms with Gasteiger partial charge in [0.05, 0.1) is 12.1 Å². The molecule has 0 spiro atoms. The Bertz CT molecular complexity index is 1040. The summed E-state index contributed by atoms with van der Waals surface area (Å²) in [6.45, 7) is 4.11. The Kier molecular flexibility index (Phi) is 6.31. The van der Waals surface area contributed by atoms with Crippen LogP contribution in [-0.2, 0) is 19.7 Å². The van der Waals surface area contributed by atoms with Crippen molar-refractivity contribution < 1.29 is 18.9 Å². The van der Waals surface area contributed by atoms with Crippen molar-refractivity contribution in [3.63, 3.8) is 0 Å². The zero-order chi connectivity index (χ0) is 20.9. The molecule has 0 aromatic heterocycles. The zero-order valence-electron chi connectivity index (χ0n) is 17.0. The van der Waals surface area contributed by atoms with Crippen LogP contribution in [0.15, 0.2) is 54.6 Å². The molecule has 4 rings (SSSR count). The van der Waals surface area contributed by atoms with Crippen LogP contribution in [-0.4, -0.2) is 13.9 Å². The topological polar surface area (TPSA) is 49.0 Å². The fourth-order valence-corrected chi connectivity index (χ4v) is 3.66. The molecule has 0 amide bonds. The Morgan fingerprint density at radius 3 is 2.60 bits per heavy atom. The average molecular weight is 426 g/mol. The van der Waals surface area contributed by atoms with Crippen LogP contribution in [0, 0.1) is 6.92 Å². The second-order valence-electron chi connectivity index (χ2n) is 7.18. The van der Waals surface area contributed by atoms with Gasteiger partial charge >= 0.3 is 0 Å².